The Labute approximate surface area is 137 Å². The summed E-state index contributed by atoms with van der Waals surface area (Å²) < 4.78 is 28.8. The largest absolute Gasteiger partial charge is 0.496 e. The van der Waals surface area contributed by atoms with Crippen LogP contribution in [-0.4, -0.2) is 27.3 Å². The van der Waals surface area contributed by atoms with Crippen molar-refractivity contribution >= 4 is 23.0 Å². The predicted molar refractivity (Wildman–Crippen MR) is 85.9 cm³/mol. The number of nitrogens with two attached hydrogens (primary N) is 1. The van der Waals surface area contributed by atoms with Crippen molar-refractivity contribution in [3.05, 3.63) is 41.7 Å². The number of nitrogen functional groups attached to an aromatic ring is 1. The maximum absolute atomic E-state index is 14.0. The van der Waals surface area contributed by atoms with Gasteiger partial charge in [0, 0.05) is 17.8 Å². The minimum absolute atomic E-state index is 0.0808. The molecule has 126 valence electrons. The third kappa shape index (κ3) is 3.60. The molecule has 0 aliphatic carbocycles. The second-order valence-corrected chi connectivity index (χ2v) is 4.63. The highest BCUT2D eigenvalue weighted by Gasteiger charge is 2.14. The zero-order valence-corrected chi connectivity index (χ0v) is 13.4. The third-order valence-electron chi connectivity index (χ3n) is 3.13. The molecular formula is C16H16FN3O4. The summed E-state index contributed by atoms with van der Waals surface area (Å²) in [6.07, 6.45) is 0. The molecule has 0 aliphatic rings. The van der Waals surface area contributed by atoms with Gasteiger partial charge in [-0.25, -0.2) is 9.18 Å². The van der Waals surface area contributed by atoms with Crippen molar-refractivity contribution in [3.8, 4) is 11.5 Å². The van der Waals surface area contributed by atoms with Gasteiger partial charge in [0.05, 0.1) is 27.0 Å². The number of methoxy groups -OCH3 is 3. The lowest BCUT2D eigenvalue weighted by molar-refractivity contribution is 0.0597. The van der Waals surface area contributed by atoms with Gasteiger partial charge < -0.3 is 19.9 Å². The molecule has 7 nitrogen and oxygen atoms in total. The van der Waals surface area contributed by atoms with E-state index in [0.29, 0.717) is 5.69 Å². The molecule has 0 atom stereocenters. The number of halogens is 1. The molecule has 2 aromatic carbocycles. The van der Waals surface area contributed by atoms with Crippen molar-refractivity contribution in [2.45, 2.75) is 0 Å². The molecule has 2 rings (SSSR count). The fourth-order valence-electron chi connectivity index (χ4n) is 1.97. The summed E-state index contributed by atoms with van der Waals surface area (Å²) in [6.45, 7) is 0. The van der Waals surface area contributed by atoms with E-state index in [1.54, 1.807) is 0 Å². The molecule has 2 aromatic rings. The smallest absolute Gasteiger partial charge is 0.341 e. The molecule has 8 heteroatoms. The number of esters is 1. The van der Waals surface area contributed by atoms with Crippen molar-refractivity contribution in [3.63, 3.8) is 0 Å². The zero-order valence-electron chi connectivity index (χ0n) is 13.4. The number of nitrogens with zero attached hydrogens (tertiary/aromatic N) is 2. The number of carbonyl (C=O) groups excluding carboxylic acids is 1. The first-order valence-corrected chi connectivity index (χ1v) is 6.81. The molecule has 0 saturated heterocycles. The van der Waals surface area contributed by atoms with Crippen LogP contribution in [0.15, 0.2) is 40.6 Å². The molecule has 0 aliphatic heterocycles. The van der Waals surface area contributed by atoms with E-state index in [1.807, 2.05) is 0 Å². The Kier molecular flexibility index (Phi) is 5.31. The summed E-state index contributed by atoms with van der Waals surface area (Å²) in [7, 11) is 4.05. The molecule has 0 spiro atoms. The van der Waals surface area contributed by atoms with Crippen LogP contribution in [0.25, 0.3) is 0 Å². The van der Waals surface area contributed by atoms with Crippen LogP contribution in [0.2, 0.25) is 0 Å². The average molecular weight is 333 g/mol. The van der Waals surface area contributed by atoms with Gasteiger partial charge in [-0.2, -0.15) is 5.11 Å². The van der Waals surface area contributed by atoms with Gasteiger partial charge in [0.25, 0.3) is 0 Å². The minimum atomic E-state index is -0.659. The maximum Gasteiger partial charge on any atom is 0.341 e. The number of benzene rings is 2. The van der Waals surface area contributed by atoms with Crippen LogP contribution in [0.1, 0.15) is 10.4 Å². The van der Waals surface area contributed by atoms with Crippen LogP contribution in [0.3, 0.4) is 0 Å². The molecule has 24 heavy (non-hydrogen) atoms. The number of azo groups is 1. The lowest BCUT2D eigenvalue weighted by atomic mass is 10.2. The molecule has 0 heterocycles. The van der Waals surface area contributed by atoms with E-state index in [0.717, 1.165) is 6.07 Å². The number of ether oxygens (including phenoxy) is 3. The summed E-state index contributed by atoms with van der Waals surface area (Å²) in [5.41, 5.74) is 6.29. The van der Waals surface area contributed by atoms with Gasteiger partial charge in [-0.05, 0) is 18.2 Å². The van der Waals surface area contributed by atoms with Gasteiger partial charge in [0.1, 0.15) is 11.3 Å². The van der Waals surface area contributed by atoms with Crippen molar-refractivity contribution in [1.82, 2.24) is 0 Å². The lowest BCUT2D eigenvalue weighted by Crippen LogP contribution is -2.03. The Morgan fingerprint density at radius 1 is 1.04 bits per heavy atom. The molecule has 0 radical (unpaired) electrons. The van der Waals surface area contributed by atoms with Crippen molar-refractivity contribution < 1.29 is 23.4 Å². The predicted octanol–water partition coefficient (Wildman–Crippen LogP) is 3.63. The summed E-state index contributed by atoms with van der Waals surface area (Å²) in [4.78, 5) is 11.6. The number of anilines is 1. The van der Waals surface area contributed by atoms with Gasteiger partial charge in [0.15, 0.2) is 17.3 Å². The lowest BCUT2D eigenvalue weighted by Gasteiger charge is -2.07. The number of hydrogen-bond acceptors (Lipinski definition) is 7. The van der Waals surface area contributed by atoms with Crippen molar-refractivity contribution in [2.24, 2.45) is 10.2 Å². The minimum Gasteiger partial charge on any atom is -0.496 e. The highest BCUT2D eigenvalue weighted by Crippen LogP contribution is 2.35. The highest BCUT2D eigenvalue weighted by molar-refractivity contribution is 5.93. The Bertz CT molecular complexity index is 793. The molecule has 0 saturated carbocycles. The molecule has 2 N–H and O–H groups in total. The van der Waals surface area contributed by atoms with E-state index in [2.05, 4.69) is 15.0 Å². The van der Waals surface area contributed by atoms with Gasteiger partial charge in [-0.3, -0.25) is 0 Å². The van der Waals surface area contributed by atoms with Crippen LogP contribution in [0, 0.1) is 5.82 Å². The fraction of sp³-hybridized carbons (Fsp3) is 0.188. The average Bonchev–Trinajstić information content (AvgIpc) is 2.59. The number of carbonyl (C=O) groups is 1. The van der Waals surface area contributed by atoms with Crippen LogP contribution in [0.5, 0.6) is 11.5 Å². The normalized spacial score (nSPS) is 10.7. The molecular weight excluding hydrogens is 317 g/mol. The van der Waals surface area contributed by atoms with Crippen LogP contribution < -0.4 is 15.2 Å². The quantitative estimate of drug-likeness (QED) is 0.512. The van der Waals surface area contributed by atoms with E-state index in [4.69, 9.17) is 15.2 Å². The summed E-state index contributed by atoms with van der Waals surface area (Å²) >= 11 is 0. The van der Waals surface area contributed by atoms with Crippen molar-refractivity contribution in [1.29, 1.82) is 0 Å². The Balaban J connectivity index is 2.38. The summed E-state index contributed by atoms with van der Waals surface area (Å²) in [5.74, 6) is -0.771. The Morgan fingerprint density at radius 3 is 2.38 bits per heavy atom. The fourth-order valence-corrected chi connectivity index (χ4v) is 1.97. The second-order valence-electron chi connectivity index (χ2n) is 4.63. The van der Waals surface area contributed by atoms with Crippen LogP contribution >= 0.6 is 0 Å². The van der Waals surface area contributed by atoms with E-state index in [-0.39, 0.29) is 28.4 Å². The SMILES string of the molecule is COC(=O)c1ccc(N=Nc2c(F)cc(N)cc2OC)cc1OC. The van der Waals surface area contributed by atoms with E-state index >= 15 is 0 Å². The van der Waals surface area contributed by atoms with E-state index < -0.39 is 11.8 Å². The summed E-state index contributed by atoms with van der Waals surface area (Å²) in [6, 6.07) is 7.06. The van der Waals surface area contributed by atoms with E-state index in [9.17, 15) is 9.18 Å². The van der Waals surface area contributed by atoms with Crippen LogP contribution in [0.4, 0.5) is 21.5 Å². The Morgan fingerprint density at radius 2 is 1.75 bits per heavy atom. The molecule has 0 bridgehead atoms. The first-order valence-electron chi connectivity index (χ1n) is 6.81. The van der Waals surface area contributed by atoms with Crippen LogP contribution in [-0.2, 0) is 4.74 Å². The van der Waals surface area contributed by atoms with Gasteiger partial charge in [-0.1, -0.05) is 0 Å². The van der Waals surface area contributed by atoms with Gasteiger partial charge in [-0.15, -0.1) is 5.11 Å². The first kappa shape index (κ1) is 17.2. The molecule has 0 unspecified atom stereocenters. The van der Waals surface area contributed by atoms with Crippen molar-refractivity contribution in [2.75, 3.05) is 27.1 Å². The zero-order chi connectivity index (χ0) is 17.7. The molecule has 0 aromatic heterocycles. The maximum atomic E-state index is 14.0. The third-order valence-corrected chi connectivity index (χ3v) is 3.13. The second kappa shape index (κ2) is 7.40. The molecule has 0 amide bonds. The first-order chi connectivity index (χ1) is 11.5. The number of hydrogen-bond donors (Lipinski definition) is 1. The highest BCUT2D eigenvalue weighted by atomic mass is 19.1. The van der Waals surface area contributed by atoms with E-state index in [1.165, 1.54) is 45.6 Å². The standard InChI is InChI=1S/C16H16FN3O4/c1-22-13-8-10(4-5-11(13)16(21)24-3)19-20-15-12(17)6-9(18)7-14(15)23-2/h4-8H,18H2,1-3H3. The topological polar surface area (TPSA) is 95.5 Å². The Hall–Kier alpha value is -3.16. The monoisotopic (exact) mass is 333 g/mol. The van der Waals surface area contributed by atoms with Gasteiger partial charge >= 0.3 is 5.97 Å². The summed E-state index contributed by atoms with van der Waals surface area (Å²) in [5, 5.41) is 7.80. The molecule has 0 fully saturated rings. The number of rotatable bonds is 5. The van der Waals surface area contributed by atoms with Gasteiger partial charge in [0.2, 0.25) is 0 Å².